The molecular weight excluding hydrogens is 300 g/mol. The van der Waals surface area contributed by atoms with E-state index in [2.05, 4.69) is 19.2 Å². The zero-order valence-electron chi connectivity index (χ0n) is 11.8. The number of halogens is 3. The molecule has 0 heterocycles. The van der Waals surface area contributed by atoms with Crippen molar-refractivity contribution in [2.75, 3.05) is 12.4 Å². The van der Waals surface area contributed by atoms with Crippen molar-refractivity contribution >= 4 is 29.1 Å². The molecule has 1 aromatic rings. The van der Waals surface area contributed by atoms with Gasteiger partial charge in [0.15, 0.2) is 0 Å². The number of carbonyl (C=O) groups excluding carboxylic acids is 1. The number of hydrogen-bond acceptors (Lipinski definition) is 1. The molecule has 0 atom stereocenters. The molecule has 0 bridgehead atoms. The van der Waals surface area contributed by atoms with Crippen LogP contribution in [0.3, 0.4) is 0 Å². The SMILES string of the molecule is CC(C)(CCCCl)CNC(=O)Cc1c(F)cccc1Cl. The van der Waals surface area contributed by atoms with Crippen LogP contribution < -0.4 is 5.32 Å². The van der Waals surface area contributed by atoms with Crippen LogP contribution in [0.15, 0.2) is 18.2 Å². The number of benzene rings is 1. The maximum atomic E-state index is 13.6. The molecule has 0 aliphatic heterocycles. The fourth-order valence-electron chi connectivity index (χ4n) is 1.90. The molecule has 0 aliphatic carbocycles. The number of nitrogens with one attached hydrogen (secondary N) is 1. The highest BCUT2D eigenvalue weighted by molar-refractivity contribution is 6.31. The number of amides is 1. The maximum Gasteiger partial charge on any atom is 0.224 e. The highest BCUT2D eigenvalue weighted by Crippen LogP contribution is 2.22. The van der Waals surface area contributed by atoms with Gasteiger partial charge in [0.2, 0.25) is 5.91 Å². The summed E-state index contributed by atoms with van der Waals surface area (Å²) in [6.45, 7) is 4.67. The molecule has 5 heteroatoms. The molecule has 0 saturated carbocycles. The first kappa shape index (κ1) is 17.3. The lowest BCUT2D eigenvalue weighted by molar-refractivity contribution is -0.120. The number of rotatable bonds is 7. The molecule has 0 aromatic heterocycles. The average Bonchev–Trinajstić information content (AvgIpc) is 2.39. The van der Waals surface area contributed by atoms with Gasteiger partial charge in [-0.15, -0.1) is 11.6 Å². The summed E-state index contributed by atoms with van der Waals surface area (Å²) in [4.78, 5) is 11.9. The fourth-order valence-corrected chi connectivity index (χ4v) is 2.26. The summed E-state index contributed by atoms with van der Waals surface area (Å²) in [6, 6.07) is 4.41. The molecule has 0 aliphatic rings. The standard InChI is InChI=1S/C15H20Cl2FNO/c1-15(2,7-4-8-16)10-19-14(20)9-11-12(17)5-3-6-13(11)18/h3,5-6H,4,7-10H2,1-2H3,(H,19,20). The van der Waals surface area contributed by atoms with Crippen molar-refractivity contribution in [2.24, 2.45) is 5.41 Å². The Balaban J connectivity index is 2.52. The molecule has 1 amide bonds. The van der Waals surface area contributed by atoms with Crippen LogP contribution in [0.2, 0.25) is 5.02 Å². The van der Waals surface area contributed by atoms with Crippen molar-refractivity contribution in [3.8, 4) is 0 Å². The van der Waals surface area contributed by atoms with Gasteiger partial charge in [0.25, 0.3) is 0 Å². The first-order valence-corrected chi connectivity index (χ1v) is 7.52. The normalized spacial score (nSPS) is 11.4. The van der Waals surface area contributed by atoms with E-state index >= 15 is 0 Å². The second-order valence-corrected chi connectivity index (χ2v) is 6.40. The molecule has 2 nitrogen and oxygen atoms in total. The van der Waals surface area contributed by atoms with Gasteiger partial charge in [0.05, 0.1) is 6.42 Å². The average molecular weight is 320 g/mol. The first-order chi connectivity index (χ1) is 9.35. The Morgan fingerprint density at radius 1 is 1.40 bits per heavy atom. The summed E-state index contributed by atoms with van der Waals surface area (Å²) < 4.78 is 13.6. The molecule has 0 fully saturated rings. The minimum Gasteiger partial charge on any atom is -0.355 e. The highest BCUT2D eigenvalue weighted by atomic mass is 35.5. The van der Waals surface area contributed by atoms with Crippen LogP contribution in [0.1, 0.15) is 32.3 Å². The largest absolute Gasteiger partial charge is 0.355 e. The monoisotopic (exact) mass is 319 g/mol. The third-order valence-corrected chi connectivity index (χ3v) is 3.77. The quantitative estimate of drug-likeness (QED) is 0.750. The van der Waals surface area contributed by atoms with E-state index < -0.39 is 5.82 Å². The number of alkyl halides is 1. The van der Waals surface area contributed by atoms with E-state index in [-0.39, 0.29) is 28.3 Å². The van der Waals surface area contributed by atoms with Gasteiger partial charge in [-0.3, -0.25) is 4.79 Å². The lowest BCUT2D eigenvalue weighted by Crippen LogP contribution is -2.35. The predicted octanol–water partition coefficient (Wildman–Crippen LogP) is 4.18. The van der Waals surface area contributed by atoms with Crippen molar-refractivity contribution < 1.29 is 9.18 Å². The fraction of sp³-hybridized carbons (Fsp3) is 0.533. The van der Waals surface area contributed by atoms with Crippen LogP contribution >= 0.6 is 23.2 Å². The van der Waals surface area contributed by atoms with Gasteiger partial charge in [-0.2, -0.15) is 0 Å². The van der Waals surface area contributed by atoms with E-state index in [1.807, 2.05) is 0 Å². The zero-order valence-corrected chi connectivity index (χ0v) is 13.3. The van der Waals surface area contributed by atoms with Gasteiger partial charge in [-0.05, 0) is 30.4 Å². The van der Waals surface area contributed by atoms with E-state index in [1.165, 1.54) is 12.1 Å². The van der Waals surface area contributed by atoms with Crippen LogP contribution in [-0.4, -0.2) is 18.3 Å². The zero-order chi connectivity index (χ0) is 15.2. The van der Waals surface area contributed by atoms with Crippen LogP contribution in [0, 0.1) is 11.2 Å². The second kappa shape index (κ2) is 7.84. The summed E-state index contributed by atoms with van der Waals surface area (Å²) in [5.74, 6) is -0.0626. The van der Waals surface area contributed by atoms with E-state index in [4.69, 9.17) is 23.2 Å². The van der Waals surface area contributed by atoms with Crippen LogP contribution in [0.4, 0.5) is 4.39 Å². The summed E-state index contributed by atoms with van der Waals surface area (Å²) >= 11 is 11.6. The Bertz CT molecular complexity index is 443. The van der Waals surface area contributed by atoms with Gasteiger partial charge in [-0.25, -0.2) is 4.39 Å². The summed E-state index contributed by atoms with van der Waals surface area (Å²) in [5, 5.41) is 3.11. The predicted molar refractivity (Wildman–Crippen MR) is 81.9 cm³/mol. The Morgan fingerprint density at radius 3 is 2.70 bits per heavy atom. The molecule has 1 aromatic carbocycles. The molecule has 20 heavy (non-hydrogen) atoms. The van der Waals surface area contributed by atoms with Crippen molar-refractivity contribution in [1.82, 2.24) is 5.32 Å². The van der Waals surface area contributed by atoms with E-state index in [0.29, 0.717) is 12.4 Å². The third kappa shape index (κ3) is 5.68. The molecule has 112 valence electrons. The lowest BCUT2D eigenvalue weighted by atomic mass is 9.88. The van der Waals surface area contributed by atoms with E-state index in [1.54, 1.807) is 6.07 Å². The first-order valence-electron chi connectivity index (χ1n) is 6.61. The van der Waals surface area contributed by atoms with Crippen molar-refractivity contribution in [3.05, 3.63) is 34.6 Å². The maximum absolute atomic E-state index is 13.6. The lowest BCUT2D eigenvalue weighted by Gasteiger charge is -2.24. The van der Waals surface area contributed by atoms with Crippen molar-refractivity contribution in [3.63, 3.8) is 0 Å². The van der Waals surface area contributed by atoms with Crippen LogP contribution in [0.5, 0.6) is 0 Å². The molecule has 0 radical (unpaired) electrons. The number of carbonyl (C=O) groups is 1. The molecule has 0 unspecified atom stereocenters. The Hall–Kier alpha value is -0.800. The minimum atomic E-state index is -0.450. The van der Waals surface area contributed by atoms with Gasteiger partial charge in [-0.1, -0.05) is 31.5 Å². The molecule has 1 rings (SSSR count). The highest BCUT2D eigenvalue weighted by Gasteiger charge is 2.19. The van der Waals surface area contributed by atoms with E-state index in [0.717, 1.165) is 12.8 Å². The molecule has 1 N–H and O–H groups in total. The van der Waals surface area contributed by atoms with Gasteiger partial charge >= 0.3 is 0 Å². The van der Waals surface area contributed by atoms with Crippen molar-refractivity contribution in [1.29, 1.82) is 0 Å². The summed E-state index contributed by atoms with van der Waals surface area (Å²) in [6.07, 6.45) is 1.79. The van der Waals surface area contributed by atoms with Gasteiger partial charge in [0.1, 0.15) is 5.82 Å². The Kier molecular flexibility index (Phi) is 6.77. The van der Waals surface area contributed by atoms with Crippen LogP contribution in [0.25, 0.3) is 0 Å². The number of hydrogen-bond donors (Lipinski definition) is 1. The smallest absolute Gasteiger partial charge is 0.224 e. The van der Waals surface area contributed by atoms with Gasteiger partial charge in [0, 0.05) is 23.0 Å². The van der Waals surface area contributed by atoms with Crippen LogP contribution in [-0.2, 0) is 11.2 Å². The minimum absolute atomic E-state index is 0.0242. The second-order valence-electron chi connectivity index (χ2n) is 5.61. The summed E-state index contributed by atoms with van der Waals surface area (Å²) in [5.41, 5.74) is 0.217. The Morgan fingerprint density at radius 2 is 2.10 bits per heavy atom. The Labute approximate surface area is 129 Å². The summed E-state index contributed by atoms with van der Waals surface area (Å²) in [7, 11) is 0. The third-order valence-electron chi connectivity index (χ3n) is 3.15. The topological polar surface area (TPSA) is 29.1 Å². The van der Waals surface area contributed by atoms with E-state index in [9.17, 15) is 9.18 Å². The molecule has 0 spiro atoms. The van der Waals surface area contributed by atoms with Gasteiger partial charge < -0.3 is 5.32 Å². The van der Waals surface area contributed by atoms with Crippen molar-refractivity contribution in [2.45, 2.75) is 33.1 Å². The molecular formula is C15H20Cl2FNO. The molecule has 0 saturated heterocycles.